The third-order valence-electron chi connectivity index (χ3n) is 2.48. The number of rotatable bonds is 5. The van der Waals surface area contributed by atoms with Crippen LogP contribution in [0.1, 0.15) is 9.75 Å². The fourth-order valence-corrected chi connectivity index (χ4v) is 2.40. The van der Waals surface area contributed by atoms with Gasteiger partial charge in [0.15, 0.2) is 0 Å². The summed E-state index contributed by atoms with van der Waals surface area (Å²) in [4.78, 5) is 14.1. The fourth-order valence-electron chi connectivity index (χ4n) is 1.57. The number of carbonyl (C=O) groups is 1. The first kappa shape index (κ1) is 12.6. The van der Waals surface area contributed by atoms with Crippen LogP contribution in [-0.2, 0) is 11.3 Å². The minimum absolute atomic E-state index is 0.00454. The number of anilines is 1. The van der Waals surface area contributed by atoms with Crippen molar-refractivity contribution < 1.29 is 4.79 Å². The van der Waals surface area contributed by atoms with Gasteiger partial charge in [-0.1, -0.05) is 18.2 Å². The lowest BCUT2D eigenvalue weighted by Crippen LogP contribution is -2.29. The molecule has 0 aliphatic heterocycles. The Morgan fingerprint density at radius 2 is 1.94 bits per heavy atom. The van der Waals surface area contributed by atoms with E-state index < -0.39 is 0 Å². The number of hydrogen-bond donors (Lipinski definition) is 2. The molecular formula is C14H16N2OS. The average Bonchev–Trinajstić information content (AvgIpc) is 2.81. The molecule has 2 aromatic rings. The van der Waals surface area contributed by atoms with Crippen LogP contribution in [0.4, 0.5) is 5.69 Å². The molecular weight excluding hydrogens is 244 g/mol. The largest absolute Gasteiger partial charge is 0.376 e. The molecule has 2 rings (SSSR count). The minimum Gasteiger partial charge on any atom is -0.376 e. The van der Waals surface area contributed by atoms with Crippen LogP contribution in [0.5, 0.6) is 0 Å². The molecule has 3 nitrogen and oxygen atoms in total. The summed E-state index contributed by atoms with van der Waals surface area (Å²) < 4.78 is 0. The normalized spacial score (nSPS) is 10.1. The van der Waals surface area contributed by atoms with Crippen molar-refractivity contribution in [1.29, 1.82) is 0 Å². The highest BCUT2D eigenvalue weighted by molar-refractivity contribution is 7.11. The molecule has 2 N–H and O–H groups in total. The van der Waals surface area contributed by atoms with Crippen LogP contribution in [0, 0.1) is 6.92 Å². The zero-order valence-corrected chi connectivity index (χ0v) is 11.1. The molecule has 0 aliphatic rings. The lowest BCUT2D eigenvalue weighted by Gasteiger charge is -2.06. The van der Waals surface area contributed by atoms with Gasteiger partial charge in [0.2, 0.25) is 5.91 Å². The molecule has 1 aromatic heterocycles. The first-order valence-electron chi connectivity index (χ1n) is 5.85. The lowest BCUT2D eigenvalue weighted by atomic mass is 10.3. The van der Waals surface area contributed by atoms with E-state index in [1.807, 2.05) is 36.4 Å². The van der Waals surface area contributed by atoms with Crippen molar-refractivity contribution in [2.75, 3.05) is 11.9 Å². The van der Waals surface area contributed by atoms with E-state index in [9.17, 15) is 4.79 Å². The summed E-state index contributed by atoms with van der Waals surface area (Å²) in [6.07, 6.45) is 0. The minimum atomic E-state index is 0.00454. The van der Waals surface area contributed by atoms with Gasteiger partial charge in [0.25, 0.3) is 0 Å². The number of hydrogen-bond acceptors (Lipinski definition) is 3. The van der Waals surface area contributed by atoms with Crippen LogP contribution in [0.2, 0.25) is 0 Å². The highest BCUT2D eigenvalue weighted by Gasteiger charge is 2.02. The molecule has 0 spiro atoms. The number of carbonyl (C=O) groups excluding carboxylic acids is 1. The van der Waals surface area contributed by atoms with Crippen molar-refractivity contribution in [3.8, 4) is 0 Å². The molecule has 0 saturated carbocycles. The van der Waals surface area contributed by atoms with E-state index in [2.05, 4.69) is 23.6 Å². The van der Waals surface area contributed by atoms with Gasteiger partial charge in [0.1, 0.15) is 0 Å². The van der Waals surface area contributed by atoms with Crippen molar-refractivity contribution >= 4 is 22.9 Å². The number of benzene rings is 1. The Hall–Kier alpha value is -1.81. The summed E-state index contributed by atoms with van der Waals surface area (Å²) in [5, 5.41) is 5.97. The molecule has 1 heterocycles. The van der Waals surface area contributed by atoms with Crippen molar-refractivity contribution in [1.82, 2.24) is 5.32 Å². The highest BCUT2D eigenvalue weighted by atomic mass is 32.1. The molecule has 94 valence electrons. The maximum Gasteiger partial charge on any atom is 0.239 e. The van der Waals surface area contributed by atoms with Gasteiger partial charge in [0.05, 0.1) is 13.1 Å². The van der Waals surface area contributed by atoms with E-state index in [4.69, 9.17) is 0 Å². The Morgan fingerprint density at radius 1 is 1.17 bits per heavy atom. The first-order chi connectivity index (χ1) is 8.74. The molecule has 18 heavy (non-hydrogen) atoms. The van der Waals surface area contributed by atoms with Gasteiger partial charge in [-0.2, -0.15) is 0 Å². The second kappa shape index (κ2) is 6.21. The summed E-state index contributed by atoms with van der Waals surface area (Å²) in [5.74, 6) is 0.00454. The van der Waals surface area contributed by atoms with E-state index in [-0.39, 0.29) is 5.91 Å². The SMILES string of the molecule is Cc1ccc(CNC(=O)CNc2ccccc2)s1. The van der Waals surface area contributed by atoms with E-state index in [1.165, 1.54) is 9.75 Å². The third-order valence-corrected chi connectivity index (χ3v) is 3.48. The maximum absolute atomic E-state index is 11.6. The van der Waals surface area contributed by atoms with Gasteiger partial charge in [0, 0.05) is 15.4 Å². The predicted octanol–water partition coefficient (Wildman–Crippen LogP) is 2.78. The molecule has 0 aliphatic carbocycles. The topological polar surface area (TPSA) is 41.1 Å². The van der Waals surface area contributed by atoms with E-state index in [0.29, 0.717) is 13.1 Å². The third kappa shape index (κ3) is 3.89. The molecule has 1 amide bonds. The maximum atomic E-state index is 11.6. The second-order valence-electron chi connectivity index (χ2n) is 4.01. The summed E-state index contributed by atoms with van der Waals surface area (Å²) in [6, 6.07) is 13.8. The van der Waals surface area contributed by atoms with E-state index >= 15 is 0 Å². The highest BCUT2D eigenvalue weighted by Crippen LogP contribution is 2.14. The summed E-state index contributed by atoms with van der Waals surface area (Å²) in [7, 11) is 0. The Kier molecular flexibility index (Phi) is 4.36. The Morgan fingerprint density at radius 3 is 2.61 bits per heavy atom. The zero-order valence-electron chi connectivity index (χ0n) is 10.3. The van der Waals surface area contributed by atoms with Crippen LogP contribution in [0.25, 0.3) is 0 Å². The quantitative estimate of drug-likeness (QED) is 0.868. The predicted molar refractivity (Wildman–Crippen MR) is 75.8 cm³/mol. The van der Waals surface area contributed by atoms with Gasteiger partial charge >= 0.3 is 0 Å². The van der Waals surface area contributed by atoms with Crippen molar-refractivity contribution in [3.63, 3.8) is 0 Å². The van der Waals surface area contributed by atoms with Crippen LogP contribution < -0.4 is 10.6 Å². The molecule has 0 fully saturated rings. The van der Waals surface area contributed by atoms with Crippen LogP contribution >= 0.6 is 11.3 Å². The molecule has 0 atom stereocenters. The Balaban J connectivity index is 1.73. The number of nitrogens with one attached hydrogen (secondary N) is 2. The van der Waals surface area contributed by atoms with Gasteiger partial charge in [-0.3, -0.25) is 4.79 Å². The smallest absolute Gasteiger partial charge is 0.239 e. The Bertz CT molecular complexity index is 508. The summed E-state index contributed by atoms with van der Waals surface area (Å²) in [6.45, 7) is 2.97. The Labute approximate surface area is 111 Å². The number of aryl methyl sites for hydroxylation is 1. The molecule has 0 radical (unpaired) electrons. The molecule has 4 heteroatoms. The molecule has 1 aromatic carbocycles. The van der Waals surface area contributed by atoms with Crippen LogP contribution in [-0.4, -0.2) is 12.5 Å². The van der Waals surface area contributed by atoms with Gasteiger partial charge in [-0.05, 0) is 31.2 Å². The van der Waals surface area contributed by atoms with Gasteiger partial charge in [-0.15, -0.1) is 11.3 Å². The number of para-hydroxylation sites is 1. The standard InChI is InChI=1S/C14H16N2OS/c1-11-7-8-13(18-11)9-16-14(17)10-15-12-5-3-2-4-6-12/h2-8,15H,9-10H2,1H3,(H,16,17). The monoisotopic (exact) mass is 260 g/mol. The molecule has 0 saturated heterocycles. The van der Waals surface area contributed by atoms with E-state index in [1.54, 1.807) is 11.3 Å². The summed E-state index contributed by atoms with van der Waals surface area (Å²) >= 11 is 1.71. The van der Waals surface area contributed by atoms with Gasteiger partial charge < -0.3 is 10.6 Å². The molecule has 0 unspecified atom stereocenters. The number of thiophene rings is 1. The second-order valence-corrected chi connectivity index (χ2v) is 5.38. The fraction of sp³-hybridized carbons (Fsp3) is 0.214. The summed E-state index contributed by atoms with van der Waals surface area (Å²) in [5.41, 5.74) is 0.958. The van der Waals surface area contributed by atoms with Gasteiger partial charge in [-0.25, -0.2) is 0 Å². The van der Waals surface area contributed by atoms with Crippen molar-refractivity contribution in [2.45, 2.75) is 13.5 Å². The molecule has 0 bridgehead atoms. The number of amides is 1. The first-order valence-corrected chi connectivity index (χ1v) is 6.66. The lowest BCUT2D eigenvalue weighted by molar-refractivity contribution is -0.119. The van der Waals surface area contributed by atoms with Crippen molar-refractivity contribution in [2.24, 2.45) is 0 Å². The van der Waals surface area contributed by atoms with Crippen LogP contribution in [0.3, 0.4) is 0 Å². The van der Waals surface area contributed by atoms with Crippen LogP contribution in [0.15, 0.2) is 42.5 Å². The average molecular weight is 260 g/mol. The van der Waals surface area contributed by atoms with E-state index in [0.717, 1.165) is 5.69 Å². The van der Waals surface area contributed by atoms with Crippen molar-refractivity contribution in [3.05, 3.63) is 52.2 Å². The zero-order chi connectivity index (χ0) is 12.8.